The zero-order valence-electron chi connectivity index (χ0n) is 11.8. The molecule has 0 fully saturated rings. The van der Waals surface area contributed by atoms with Gasteiger partial charge in [-0.05, 0) is 23.1 Å². The Morgan fingerprint density at radius 1 is 1.10 bits per heavy atom. The average Bonchev–Trinajstić information content (AvgIpc) is 2.90. The maximum Gasteiger partial charge on any atom is 0.171 e. The minimum atomic E-state index is 0.0149. The van der Waals surface area contributed by atoms with E-state index in [1.807, 2.05) is 24.3 Å². The van der Waals surface area contributed by atoms with Crippen LogP contribution in [-0.2, 0) is 0 Å². The van der Waals surface area contributed by atoms with Crippen molar-refractivity contribution in [2.75, 3.05) is 5.75 Å². The third kappa shape index (κ3) is 2.40. The normalized spacial score (nSPS) is 17.2. The van der Waals surface area contributed by atoms with Gasteiger partial charge in [0.25, 0.3) is 0 Å². The van der Waals surface area contributed by atoms with Gasteiger partial charge in [0.05, 0.1) is 5.92 Å². The van der Waals surface area contributed by atoms with Gasteiger partial charge < -0.3 is 0 Å². The van der Waals surface area contributed by atoms with Crippen molar-refractivity contribution < 1.29 is 4.79 Å². The fourth-order valence-electron chi connectivity index (χ4n) is 2.61. The second-order valence-corrected chi connectivity index (χ2v) is 6.60. The smallest absolute Gasteiger partial charge is 0.171 e. The molecule has 1 nitrogen and oxygen atoms in total. The van der Waals surface area contributed by atoms with Crippen molar-refractivity contribution in [3.63, 3.8) is 0 Å². The van der Waals surface area contributed by atoms with Crippen LogP contribution in [-0.4, -0.2) is 11.5 Å². The molecule has 0 aromatic heterocycles. The molecule has 0 bridgehead atoms. The molecule has 2 aromatic rings. The molecule has 102 valence electrons. The molecule has 1 aliphatic rings. The van der Waals surface area contributed by atoms with E-state index < -0.39 is 0 Å². The number of rotatable bonds is 3. The minimum Gasteiger partial charge on any atom is -0.293 e. The maximum atomic E-state index is 12.7. The summed E-state index contributed by atoms with van der Waals surface area (Å²) in [6.45, 7) is 4.33. The number of thioether (sulfide) groups is 1. The van der Waals surface area contributed by atoms with Crippen molar-refractivity contribution >= 4 is 17.5 Å². The van der Waals surface area contributed by atoms with E-state index in [-0.39, 0.29) is 11.7 Å². The molecule has 1 atom stereocenters. The number of carbonyl (C=O) groups excluding carboxylic acids is 1. The van der Waals surface area contributed by atoms with Crippen LogP contribution in [0.2, 0.25) is 0 Å². The molecule has 1 aliphatic heterocycles. The molecule has 20 heavy (non-hydrogen) atoms. The Kier molecular flexibility index (Phi) is 3.66. The molecule has 0 saturated heterocycles. The van der Waals surface area contributed by atoms with E-state index in [2.05, 4.69) is 38.1 Å². The number of benzene rings is 2. The lowest BCUT2D eigenvalue weighted by Gasteiger charge is -2.11. The van der Waals surface area contributed by atoms with Crippen molar-refractivity contribution in [2.45, 2.75) is 30.6 Å². The van der Waals surface area contributed by atoms with E-state index in [1.165, 1.54) is 16.0 Å². The molecule has 1 heterocycles. The lowest BCUT2D eigenvalue weighted by Crippen LogP contribution is -2.12. The van der Waals surface area contributed by atoms with Gasteiger partial charge in [-0.3, -0.25) is 4.79 Å². The monoisotopic (exact) mass is 282 g/mol. The van der Waals surface area contributed by atoms with Crippen LogP contribution in [0.1, 0.15) is 47.2 Å². The summed E-state index contributed by atoms with van der Waals surface area (Å²) in [6.07, 6.45) is 0. The summed E-state index contributed by atoms with van der Waals surface area (Å²) in [4.78, 5) is 13.9. The van der Waals surface area contributed by atoms with Crippen LogP contribution in [0.15, 0.2) is 53.4 Å². The first-order valence-electron chi connectivity index (χ1n) is 7.02. The van der Waals surface area contributed by atoms with E-state index in [4.69, 9.17) is 0 Å². The van der Waals surface area contributed by atoms with Gasteiger partial charge in [0.15, 0.2) is 5.78 Å². The van der Waals surface area contributed by atoms with Gasteiger partial charge in [0.1, 0.15) is 0 Å². The topological polar surface area (TPSA) is 17.1 Å². The number of hydrogen-bond acceptors (Lipinski definition) is 2. The molecule has 2 heteroatoms. The zero-order valence-corrected chi connectivity index (χ0v) is 12.6. The summed E-state index contributed by atoms with van der Waals surface area (Å²) >= 11 is 1.79. The Morgan fingerprint density at radius 2 is 1.80 bits per heavy atom. The Morgan fingerprint density at radius 3 is 2.50 bits per heavy atom. The number of ketones is 1. The van der Waals surface area contributed by atoms with E-state index in [9.17, 15) is 4.79 Å². The maximum absolute atomic E-state index is 12.7. The van der Waals surface area contributed by atoms with Crippen molar-refractivity contribution in [2.24, 2.45) is 0 Å². The molecule has 0 amide bonds. The fraction of sp³-hybridized carbons (Fsp3) is 0.278. The Hall–Kier alpha value is -1.54. The number of hydrogen-bond donors (Lipinski definition) is 0. The molecular weight excluding hydrogens is 264 g/mol. The molecule has 0 saturated carbocycles. The fourth-order valence-corrected chi connectivity index (χ4v) is 3.84. The molecule has 0 radical (unpaired) electrons. The van der Waals surface area contributed by atoms with Crippen molar-refractivity contribution in [1.29, 1.82) is 0 Å². The first-order chi connectivity index (χ1) is 9.66. The standard InChI is InChI=1S/C18H18OS/c1-12(2)13-7-9-14(10-8-13)18(19)16-11-20-17-6-4-3-5-15(16)17/h3-10,12,16H,11H2,1-2H3. The van der Waals surface area contributed by atoms with E-state index >= 15 is 0 Å². The van der Waals surface area contributed by atoms with Gasteiger partial charge >= 0.3 is 0 Å². The van der Waals surface area contributed by atoms with Gasteiger partial charge in [0, 0.05) is 16.2 Å². The number of carbonyl (C=O) groups is 1. The highest BCUT2D eigenvalue weighted by Crippen LogP contribution is 2.40. The van der Waals surface area contributed by atoms with E-state index in [1.54, 1.807) is 11.8 Å². The van der Waals surface area contributed by atoms with Gasteiger partial charge in [-0.25, -0.2) is 0 Å². The lowest BCUT2D eigenvalue weighted by atomic mass is 9.91. The largest absolute Gasteiger partial charge is 0.293 e. The predicted molar refractivity (Wildman–Crippen MR) is 84.8 cm³/mol. The third-order valence-corrected chi connectivity index (χ3v) is 5.06. The van der Waals surface area contributed by atoms with Crippen molar-refractivity contribution in [3.05, 3.63) is 65.2 Å². The van der Waals surface area contributed by atoms with Crippen LogP contribution >= 0.6 is 11.8 Å². The average molecular weight is 282 g/mol. The predicted octanol–water partition coefficient (Wildman–Crippen LogP) is 4.88. The quantitative estimate of drug-likeness (QED) is 0.746. The Balaban J connectivity index is 1.87. The van der Waals surface area contributed by atoms with E-state index in [0.29, 0.717) is 5.92 Å². The van der Waals surface area contributed by atoms with Gasteiger partial charge in [-0.1, -0.05) is 56.3 Å². The van der Waals surface area contributed by atoms with Crippen LogP contribution in [0.4, 0.5) is 0 Å². The first-order valence-corrected chi connectivity index (χ1v) is 8.01. The SMILES string of the molecule is CC(C)c1ccc(C(=O)C2CSc3ccccc32)cc1. The third-order valence-electron chi connectivity index (χ3n) is 3.88. The van der Waals surface area contributed by atoms with Crippen molar-refractivity contribution in [1.82, 2.24) is 0 Å². The lowest BCUT2D eigenvalue weighted by molar-refractivity contribution is 0.0968. The molecule has 0 aliphatic carbocycles. The molecule has 0 N–H and O–H groups in total. The Labute approximate surface area is 124 Å². The second kappa shape index (κ2) is 5.45. The van der Waals surface area contributed by atoms with Gasteiger partial charge in [0.2, 0.25) is 0 Å². The van der Waals surface area contributed by atoms with Crippen LogP contribution in [0.3, 0.4) is 0 Å². The second-order valence-electron chi connectivity index (χ2n) is 5.54. The Bertz CT molecular complexity index is 628. The van der Waals surface area contributed by atoms with Gasteiger partial charge in [-0.15, -0.1) is 11.8 Å². The molecular formula is C18H18OS. The highest BCUT2D eigenvalue weighted by Gasteiger charge is 2.29. The summed E-state index contributed by atoms with van der Waals surface area (Å²) in [7, 11) is 0. The zero-order chi connectivity index (χ0) is 14.1. The van der Waals surface area contributed by atoms with Crippen LogP contribution in [0.25, 0.3) is 0 Å². The van der Waals surface area contributed by atoms with Crippen LogP contribution in [0, 0.1) is 0 Å². The minimum absolute atomic E-state index is 0.0149. The highest BCUT2D eigenvalue weighted by atomic mass is 32.2. The summed E-state index contributed by atoms with van der Waals surface area (Å²) < 4.78 is 0. The molecule has 0 spiro atoms. The molecule has 1 unspecified atom stereocenters. The summed E-state index contributed by atoms with van der Waals surface area (Å²) in [6, 6.07) is 16.4. The molecule has 2 aromatic carbocycles. The molecule has 3 rings (SSSR count). The van der Waals surface area contributed by atoms with Crippen molar-refractivity contribution in [3.8, 4) is 0 Å². The van der Waals surface area contributed by atoms with E-state index in [0.717, 1.165) is 11.3 Å². The number of fused-ring (bicyclic) bond motifs is 1. The van der Waals surface area contributed by atoms with Gasteiger partial charge in [-0.2, -0.15) is 0 Å². The first kappa shape index (κ1) is 13.4. The summed E-state index contributed by atoms with van der Waals surface area (Å²) in [5, 5.41) is 0. The highest BCUT2D eigenvalue weighted by molar-refractivity contribution is 7.99. The van der Waals surface area contributed by atoms with Crippen LogP contribution in [0.5, 0.6) is 0 Å². The van der Waals surface area contributed by atoms with Crippen LogP contribution < -0.4 is 0 Å². The summed E-state index contributed by atoms with van der Waals surface area (Å²) in [5.74, 6) is 1.63. The summed E-state index contributed by atoms with van der Waals surface area (Å²) in [5.41, 5.74) is 3.30. The number of Topliss-reactive ketones (excluding diaryl/α,β-unsaturated/α-hetero) is 1.